The summed E-state index contributed by atoms with van der Waals surface area (Å²) in [6.07, 6.45) is 0. The number of amides is 3. The SMILES string of the molecule is Cn1nnnc1SCC1=C(C(=O)O)N2C(=O)C(NC(=O)NCc3cccs3)[C@H]2SC1. The summed E-state index contributed by atoms with van der Waals surface area (Å²) in [6, 6.07) is 2.57. The number of nitrogens with zero attached hydrogens (tertiary/aromatic N) is 5. The van der Waals surface area contributed by atoms with Crippen LogP contribution in [0.1, 0.15) is 4.88 Å². The van der Waals surface area contributed by atoms with E-state index in [-0.39, 0.29) is 5.70 Å². The van der Waals surface area contributed by atoms with Crippen LogP contribution < -0.4 is 10.6 Å². The van der Waals surface area contributed by atoms with Crippen molar-refractivity contribution in [3.8, 4) is 0 Å². The Hall–Kier alpha value is -2.58. The summed E-state index contributed by atoms with van der Waals surface area (Å²) in [5.74, 6) is -0.818. The lowest BCUT2D eigenvalue weighted by molar-refractivity contribution is -0.148. The topological polar surface area (TPSA) is 142 Å². The molecular formula is C16H17N7O4S3. The molecule has 0 radical (unpaired) electrons. The fraction of sp³-hybridized carbons (Fsp3) is 0.375. The number of nitrogens with one attached hydrogen (secondary N) is 2. The van der Waals surface area contributed by atoms with E-state index in [2.05, 4.69) is 26.2 Å². The van der Waals surface area contributed by atoms with Gasteiger partial charge in [-0.2, -0.15) is 0 Å². The number of thioether (sulfide) groups is 2. The fourth-order valence-electron chi connectivity index (χ4n) is 3.06. The number of thiophene rings is 1. The van der Waals surface area contributed by atoms with Crippen molar-refractivity contribution < 1.29 is 19.5 Å². The fourth-order valence-corrected chi connectivity index (χ4v) is 6.04. The number of carbonyl (C=O) groups is 3. The van der Waals surface area contributed by atoms with Gasteiger partial charge in [0.2, 0.25) is 5.16 Å². The van der Waals surface area contributed by atoms with Crippen LogP contribution in [0.4, 0.5) is 4.79 Å². The van der Waals surface area contributed by atoms with Crippen LogP contribution in [-0.2, 0) is 23.2 Å². The maximum atomic E-state index is 12.6. The van der Waals surface area contributed by atoms with Crippen molar-refractivity contribution in [3.63, 3.8) is 0 Å². The smallest absolute Gasteiger partial charge is 0.352 e. The summed E-state index contributed by atoms with van der Waals surface area (Å²) in [4.78, 5) is 38.9. The Labute approximate surface area is 183 Å². The highest BCUT2D eigenvalue weighted by atomic mass is 32.2. The molecule has 11 nitrogen and oxygen atoms in total. The normalized spacial score (nSPS) is 20.6. The third-order valence-electron chi connectivity index (χ3n) is 4.50. The summed E-state index contributed by atoms with van der Waals surface area (Å²) in [7, 11) is 1.69. The Morgan fingerprint density at radius 3 is 2.93 bits per heavy atom. The summed E-state index contributed by atoms with van der Waals surface area (Å²) in [5, 5.41) is 28.3. The second-order valence-corrected chi connectivity index (χ2v) is 9.50. The highest BCUT2D eigenvalue weighted by Gasteiger charge is 2.54. The lowest BCUT2D eigenvalue weighted by Gasteiger charge is -2.49. The zero-order chi connectivity index (χ0) is 21.3. The Bertz CT molecular complexity index is 1010. The van der Waals surface area contributed by atoms with Gasteiger partial charge in [-0.25, -0.2) is 14.3 Å². The summed E-state index contributed by atoms with van der Waals surface area (Å²) in [6.45, 7) is 0.366. The van der Waals surface area contributed by atoms with Gasteiger partial charge in [0, 0.05) is 23.4 Å². The maximum Gasteiger partial charge on any atom is 0.352 e. The highest BCUT2D eigenvalue weighted by molar-refractivity contribution is 8.01. The molecule has 158 valence electrons. The van der Waals surface area contributed by atoms with Gasteiger partial charge >= 0.3 is 12.0 Å². The van der Waals surface area contributed by atoms with Crippen molar-refractivity contribution in [3.05, 3.63) is 33.7 Å². The van der Waals surface area contributed by atoms with E-state index >= 15 is 0 Å². The zero-order valence-corrected chi connectivity index (χ0v) is 18.1. The van der Waals surface area contributed by atoms with Crippen LogP contribution in [0.25, 0.3) is 0 Å². The molecule has 2 atom stereocenters. The van der Waals surface area contributed by atoms with E-state index in [0.717, 1.165) is 4.88 Å². The van der Waals surface area contributed by atoms with Crippen molar-refractivity contribution >= 4 is 52.8 Å². The molecule has 4 rings (SSSR count). The highest BCUT2D eigenvalue weighted by Crippen LogP contribution is 2.41. The molecule has 0 bridgehead atoms. The molecular weight excluding hydrogens is 450 g/mol. The number of rotatable bonds is 7. The van der Waals surface area contributed by atoms with E-state index in [4.69, 9.17) is 0 Å². The molecule has 3 N–H and O–H groups in total. The zero-order valence-electron chi connectivity index (χ0n) is 15.6. The minimum atomic E-state index is -1.17. The molecule has 0 aromatic carbocycles. The number of carboxylic acid groups (broad SMARTS) is 1. The monoisotopic (exact) mass is 467 g/mol. The second kappa shape index (κ2) is 8.65. The van der Waals surface area contributed by atoms with Gasteiger partial charge in [0.15, 0.2) is 0 Å². The molecule has 3 amide bonds. The lowest BCUT2D eigenvalue weighted by atomic mass is 10.0. The Morgan fingerprint density at radius 1 is 1.43 bits per heavy atom. The number of aliphatic carboxylic acids is 1. The second-order valence-electron chi connectivity index (χ2n) is 6.42. The predicted molar refractivity (Wildman–Crippen MR) is 111 cm³/mol. The molecule has 0 aliphatic carbocycles. The molecule has 1 unspecified atom stereocenters. The number of hydrogen-bond acceptors (Lipinski definition) is 9. The quantitative estimate of drug-likeness (QED) is 0.391. The van der Waals surface area contributed by atoms with Crippen molar-refractivity contribution in [2.75, 3.05) is 11.5 Å². The molecule has 2 aliphatic heterocycles. The first-order chi connectivity index (χ1) is 14.5. The minimum Gasteiger partial charge on any atom is -0.477 e. The number of carboxylic acids is 1. The van der Waals surface area contributed by atoms with E-state index < -0.39 is 29.3 Å². The van der Waals surface area contributed by atoms with Crippen LogP contribution in [0.2, 0.25) is 0 Å². The first kappa shape index (κ1) is 20.7. The molecule has 2 aromatic rings. The van der Waals surface area contributed by atoms with E-state index in [1.54, 1.807) is 7.05 Å². The minimum absolute atomic E-state index is 0.0246. The van der Waals surface area contributed by atoms with Crippen molar-refractivity contribution in [2.45, 2.75) is 23.1 Å². The third kappa shape index (κ3) is 4.02. The largest absolute Gasteiger partial charge is 0.477 e. The van der Waals surface area contributed by atoms with Gasteiger partial charge in [-0.3, -0.25) is 9.69 Å². The van der Waals surface area contributed by atoms with Crippen LogP contribution in [0.15, 0.2) is 33.9 Å². The van der Waals surface area contributed by atoms with Gasteiger partial charge in [0.05, 0.1) is 6.54 Å². The molecule has 1 saturated heterocycles. The maximum absolute atomic E-state index is 12.6. The Morgan fingerprint density at radius 2 is 2.27 bits per heavy atom. The lowest BCUT2D eigenvalue weighted by Crippen LogP contribution is -2.71. The van der Waals surface area contributed by atoms with Gasteiger partial charge in [-0.1, -0.05) is 17.8 Å². The van der Waals surface area contributed by atoms with Crippen molar-refractivity contribution in [2.24, 2.45) is 7.05 Å². The van der Waals surface area contributed by atoms with Crippen LogP contribution in [0.5, 0.6) is 0 Å². The molecule has 2 aromatic heterocycles. The van der Waals surface area contributed by atoms with Gasteiger partial charge in [0.1, 0.15) is 17.1 Å². The van der Waals surface area contributed by atoms with Crippen LogP contribution in [-0.4, -0.2) is 71.0 Å². The average molecular weight is 468 g/mol. The third-order valence-corrected chi connectivity index (χ3v) is 7.81. The number of fused-ring (bicyclic) bond motifs is 1. The van der Waals surface area contributed by atoms with Gasteiger partial charge in [-0.05, 0) is 27.4 Å². The number of carbonyl (C=O) groups excluding carboxylic acids is 2. The number of aromatic nitrogens is 4. The predicted octanol–water partition coefficient (Wildman–Crippen LogP) is 0.486. The van der Waals surface area contributed by atoms with E-state index in [9.17, 15) is 19.5 Å². The van der Waals surface area contributed by atoms with Gasteiger partial charge in [-0.15, -0.1) is 28.2 Å². The van der Waals surface area contributed by atoms with Gasteiger partial charge in [0.25, 0.3) is 5.91 Å². The van der Waals surface area contributed by atoms with E-state index in [1.807, 2.05) is 17.5 Å². The van der Waals surface area contributed by atoms with Crippen molar-refractivity contribution in [1.29, 1.82) is 0 Å². The van der Waals surface area contributed by atoms with Crippen LogP contribution in [0, 0.1) is 0 Å². The van der Waals surface area contributed by atoms with Crippen molar-refractivity contribution in [1.82, 2.24) is 35.7 Å². The molecule has 30 heavy (non-hydrogen) atoms. The Kier molecular flexibility index (Phi) is 5.97. The molecule has 2 aliphatic rings. The number of aryl methyl sites for hydroxylation is 1. The van der Waals surface area contributed by atoms with Crippen LogP contribution >= 0.6 is 34.9 Å². The average Bonchev–Trinajstić information content (AvgIpc) is 3.39. The van der Waals surface area contributed by atoms with Gasteiger partial charge < -0.3 is 15.7 Å². The number of tetrazole rings is 1. The molecule has 0 saturated carbocycles. The van der Waals surface area contributed by atoms with E-state index in [0.29, 0.717) is 28.8 Å². The first-order valence-corrected chi connectivity index (χ1v) is 11.7. The molecule has 14 heteroatoms. The summed E-state index contributed by atoms with van der Waals surface area (Å²) in [5.41, 5.74) is 0.592. The number of hydrogen-bond donors (Lipinski definition) is 3. The Balaban J connectivity index is 1.40. The van der Waals surface area contributed by atoms with E-state index in [1.165, 1.54) is 44.4 Å². The molecule has 0 spiro atoms. The standard InChI is InChI=1S/C16H17N7O4S3/c1-22-16(19-20-21-22)30-7-8-6-29-13-10(12(24)23(13)11(8)14(25)26)18-15(27)17-5-9-3-2-4-28-9/h2-4,10,13H,5-7H2,1H3,(H,25,26)(H2,17,18,27)/t10?,13-/m1/s1. The first-order valence-electron chi connectivity index (χ1n) is 8.77. The number of urea groups is 1. The summed E-state index contributed by atoms with van der Waals surface area (Å²) < 4.78 is 1.49. The number of β-lactam (4-membered cyclic amide) rings is 1. The molecule has 4 heterocycles. The molecule has 1 fully saturated rings. The summed E-state index contributed by atoms with van der Waals surface area (Å²) >= 11 is 4.25. The van der Waals surface area contributed by atoms with Crippen LogP contribution in [0.3, 0.4) is 0 Å².